The van der Waals surface area contributed by atoms with Crippen LogP contribution < -0.4 is 10.2 Å². The fourth-order valence-electron chi connectivity index (χ4n) is 1.80. The average molecular weight is 333 g/mol. The Morgan fingerprint density at radius 1 is 1.28 bits per heavy atom. The van der Waals surface area contributed by atoms with E-state index < -0.39 is 10.0 Å². The number of halogens is 1. The van der Waals surface area contributed by atoms with Crippen LogP contribution in [0.3, 0.4) is 0 Å². The van der Waals surface area contributed by atoms with E-state index in [0.29, 0.717) is 15.8 Å². The Bertz CT molecular complexity index is 634. The summed E-state index contributed by atoms with van der Waals surface area (Å²) < 4.78 is 26.8. The lowest BCUT2D eigenvalue weighted by molar-refractivity contribution is 0.600. The van der Waals surface area contributed by atoms with Crippen molar-refractivity contribution < 1.29 is 8.42 Å². The fraction of sp³-hybridized carbons (Fsp3) is 0.364. The van der Waals surface area contributed by atoms with Crippen LogP contribution in [0.25, 0.3) is 0 Å². The van der Waals surface area contributed by atoms with Gasteiger partial charge in [-0.1, -0.05) is 6.08 Å². The molecule has 0 atom stereocenters. The maximum atomic E-state index is 12.1. The van der Waals surface area contributed by atoms with Gasteiger partial charge in [-0.25, -0.2) is 8.42 Å². The van der Waals surface area contributed by atoms with Crippen molar-refractivity contribution in [2.75, 3.05) is 4.72 Å². The highest BCUT2D eigenvalue weighted by Gasteiger charge is 2.20. The molecule has 2 rings (SSSR count). The van der Waals surface area contributed by atoms with Crippen LogP contribution in [0.5, 0.6) is 0 Å². The standard InChI is InChI=1S/C11H13BrN2O3S/c12-9-6-13-7-10(11(9)15)14-18(16,17)8-4-2-1-3-5-8/h4,6-7,14H,1-3,5H2,(H,13,15). The molecule has 0 saturated carbocycles. The van der Waals surface area contributed by atoms with Crippen molar-refractivity contribution in [2.24, 2.45) is 0 Å². The molecule has 0 aromatic carbocycles. The number of hydrogen-bond acceptors (Lipinski definition) is 3. The number of aromatic amines is 1. The molecule has 1 aliphatic rings. The van der Waals surface area contributed by atoms with Gasteiger partial charge in [0.2, 0.25) is 5.43 Å². The number of H-pyrrole nitrogens is 1. The Morgan fingerprint density at radius 2 is 2.06 bits per heavy atom. The number of aromatic nitrogens is 1. The van der Waals surface area contributed by atoms with Crippen LogP contribution >= 0.6 is 15.9 Å². The zero-order valence-electron chi connectivity index (χ0n) is 9.57. The molecule has 0 amide bonds. The van der Waals surface area contributed by atoms with Gasteiger partial charge in [0.1, 0.15) is 5.69 Å². The van der Waals surface area contributed by atoms with E-state index in [1.54, 1.807) is 6.08 Å². The van der Waals surface area contributed by atoms with E-state index in [4.69, 9.17) is 0 Å². The minimum absolute atomic E-state index is 0.0239. The van der Waals surface area contributed by atoms with Gasteiger partial charge in [0.05, 0.1) is 9.38 Å². The Hall–Kier alpha value is -1.08. The molecule has 1 aromatic heterocycles. The lowest BCUT2D eigenvalue weighted by Gasteiger charge is -2.14. The first-order valence-corrected chi connectivity index (χ1v) is 7.87. The second kappa shape index (κ2) is 5.27. The largest absolute Gasteiger partial charge is 0.365 e. The molecule has 0 fully saturated rings. The highest BCUT2D eigenvalue weighted by atomic mass is 79.9. The summed E-state index contributed by atoms with van der Waals surface area (Å²) in [7, 11) is -3.61. The van der Waals surface area contributed by atoms with Gasteiger partial charge in [0.15, 0.2) is 0 Å². The number of sulfonamides is 1. The van der Waals surface area contributed by atoms with Gasteiger partial charge in [-0.2, -0.15) is 0 Å². The molecular formula is C11H13BrN2O3S. The molecule has 0 spiro atoms. The minimum atomic E-state index is -3.61. The third-order valence-corrected chi connectivity index (χ3v) is 4.88. The molecule has 1 aromatic rings. The first kappa shape index (κ1) is 13.4. The normalized spacial score (nSPS) is 16.2. The number of anilines is 1. The van der Waals surface area contributed by atoms with Crippen molar-refractivity contribution in [3.8, 4) is 0 Å². The molecule has 1 aliphatic carbocycles. The number of allylic oxidation sites excluding steroid dienone is 2. The van der Waals surface area contributed by atoms with Crippen LogP contribution in [0, 0.1) is 0 Å². The maximum Gasteiger partial charge on any atom is 0.257 e. The summed E-state index contributed by atoms with van der Waals surface area (Å²) >= 11 is 3.06. The average Bonchev–Trinajstić information content (AvgIpc) is 2.36. The van der Waals surface area contributed by atoms with E-state index in [1.165, 1.54) is 12.4 Å². The smallest absolute Gasteiger partial charge is 0.257 e. The summed E-state index contributed by atoms with van der Waals surface area (Å²) in [5.41, 5.74) is -0.357. The van der Waals surface area contributed by atoms with Crippen molar-refractivity contribution in [1.82, 2.24) is 4.98 Å². The molecule has 1 heterocycles. The number of pyridine rings is 1. The van der Waals surface area contributed by atoms with E-state index in [0.717, 1.165) is 19.3 Å². The molecule has 0 radical (unpaired) electrons. The lowest BCUT2D eigenvalue weighted by Crippen LogP contribution is -2.21. The molecule has 98 valence electrons. The predicted molar refractivity (Wildman–Crippen MR) is 73.9 cm³/mol. The molecule has 18 heavy (non-hydrogen) atoms. The summed E-state index contributed by atoms with van der Waals surface area (Å²) in [4.78, 5) is 14.8. The van der Waals surface area contributed by atoms with Crippen LogP contribution in [0.1, 0.15) is 25.7 Å². The molecule has 0 unspecified atom stereocenters. The van der Waals surface area contributed by atoms with E-state index in [2.05, 4.69) is 25.6 Å². The molecular weight excluding hydrogens is 320 g/mol. The summed E-state index contributed by atoms with van der Waals surface area (Å²) in [6.45, 7) is 0. The molecule has 2 N–H and O–H groups in total. The Labute approximate surface area is 113 Å². The van der Waals surface area contributed by atoms with Gasteiger partial charge in [-0.05, 0) is 41.6 Å². The van der Waals surface area contributed by atoms with E-state index in [-0.39, 0.29) is 11.1 Å². The van der Waals surface area contributed by atoms with Crippen LogP contribution in [0.4, 0.5) is 5.69 Å². The lowest BCUT2D eigenvalue weighted by atomic mass is 10.1. The van der Waals surface area contributed by atoms with Crippen molar-refractivity contribution in [1.29, 1.82) is 0 Å². The van der Waals surface area contributed by atoms with Crippen LogP contribution in [0.2, 0.25) is 0 Å². The first-order chi connectivity index (χ1) is 8.50. The first-order valence-electron chi connectivity index (χ1n) is 5.59. The quantitative estimate of drug-likeness (QED) is 0.891. The highest BCUT2D eigenvalue weighted by Crippen LogP contribution is 2.23. The molecule has 0 bridgehead atoms. The minimum Gasteiger partial charge on any atom is -0.365 e. The van der Waals surface area contributed by atoms with Crippen LogP contribution in [-0.2, 0) is 10.0 Å². The molecule has 0 aliphatic heterocycles. The van der Waals surface area contributed by atoms with Crippen molar-refractivity contribution in [3.63, 3.8) is 0 Å². The van der Waals surface area contributed by atoms with E-state index >= 15 is 0 Å². The van der Waals surface area contributed by atoms with Gasteiger partial charge in [-0.15, -0.1) is 0 Å². The van der Waals surface area contributed by atoms with E-state index in [1.807, 2.05) is 0 Å². The van der Waals surface area contributed by atoms with Gasteiger partial charge < -0.3 is 4.98 Å². The number of nitrogens with one attached hydrogen (secondary N) is 2. The second-order valence-electron chi connectivity index (χ2n) is 4.07. The third-order valence-electron chi connectivity index (χ3n) is 2.74. The van der Waals surface area contributed by atoms with Crippen molar-refractivity contribution in [2.45, 2.75) is 25.7 Å². The summed E-state index contributed by atoms with van der Waals surface area (Å²) in [5, 5.41) is 0. The molecule has 7 heteroatoms. The van der Waals surface area contributed by atoms with Gasteiger partial charge >= 0.3 is 0 Å². The van der Waals surface area contributed by atoms with Gasteiger partial charge in [0.25, 0.3) is 10.0 Å². The highest BCUT2D eigenvalue weighted by molar-refractivity contribution is 9.10. The Morgan fingerprint density at radius 3 is 2.72 bits per heavy atom. The van der Waals surface area contributed by atoms with Crippen molar-refractivity contribution in [3.05, 3.63) is 38.1 Å². The Kier molecular flexibility index (Phi) is 3.91. The zero-order valence-corrected chi connectivity index (χ0v) is 12.0. The monoisotopic (exact) mass is 332 g/mol. The van der Waals surface area contributed by atoms with Crippen molar-refractivity contribution >= 4 is 31.6 Å². The molecule has 0 saturated heterocycles. The Balaban J connectivity index is 2.31. The van der Waals surface area contributed by atoms with Crippen LogP contribution in [0.15, 0.2) is 32.6 Å². The molecule has 5 nitrogen and oxygen atoms in total. The van der Waals surface area contributed by atoms with Crippen LogP contribution in [-0.4, -0.2) is 13.4 Å². The number of hydrogen-bond donors (Lipinski definition) is 2. The maximum absolute atomic E-state index is 12.1. The van der Waals surface area contributed by atoms with Gasteiger partial charge in [0, 0.05) is 12.4 Å². The fourth-order valence-corrected chi connectivity index (χ4v) is 3.47. The van der Waals surface area contributed by atoms with E-state index in [9.17, 15) is 13.2 Å². The third kappa shape index (κ3) is 2.84. The topological polar surface area (TPSA) is 79.0 Å². The van der Waals surface area contributed by atoms with Gasteiger partial charge in [-0.3, -0.25) is 9.52 Å². The number of rotatable bonds is 3. The summed E-state index contributed by atoms with van der Waals surface area (Å²) in [6, 6.07) is 0. The SMILES string of the molecule is O=c1c(Br)c[nH]cc1NS(=O)(=O)C1=CCCCC1. The second-order valence-corrected chi connectivity index (χ2v) is 6.66. The summed E-state index contributed by atoms with van der Waals surface area (Å²) in [6.07, 6.45) is 7.69. The predicted octanol–water partition coefficient (Wildman–Crippen LogP) is 2.34. The summed E-state index contributed by atoms with van der Waals surface area (Å²) in [5.74, 6) is 0. The zero-order chi connectivity index (χ0) is 13.2.